The Kier molecular flexibility index (Phi) is 10.3. The number of likely N-dealkylation sites (tertiary alicyclic amines) is 1. The van der Waals surface area contributed by atoms with E-state index < -0.39 is 40.7 Å². The summed E-state index contributed by atoms with van der Waals surface area (Å²) in [6, 6.07) is 5.79. The highest BCUT2D eigenvalue weighted by Gasteiger charge is 2.48. The normalized spacial score (nSPS) is 20.0. The Morgan fingerprint density at radius 1 is 1.23 bits per heavy atom. The number of aryl methyl sites for hydroxylation is 1. The zero-order valence-electron chi connectivity index (χ0n) is 27.5. The number of hydrogen-bond donors (Lipinski definition) is 1. The number of nitriles is 1. The third-order valence-corrected chi connectivity index (χ3v) is 8.85. The van der Waals surface area contributed by atoms with Crippen molar-refractivity contribution in [3.8, 4) is 6.07 Å². The number of ether oxygens (including phenoxy) is 1. The van der Waals surface area contributed by atoms with Crippen LogP contribution in [-0.4, -0.2) is 123 Å². The molecule has 1 aromatic carbocycles. The SMILES string of the molecule is Cc1cc(C(F)(F)F)c(C#N)c(NC2CCN(CCN3CCOC4(C3)CN(C(=O)C=CCN(C)C)C4)c3c(F)cccc3N(C)C2=O)n1. The summed E-state index contributed by atoms with van der Waals surface area (Å²) in [5.74, 6) is -1.40. The average molecular weight is 673 g/mol. The summed E-state index contributed by atoms with van der Waals surface area (Å²) in [6.45, 7) is 5.85. The molecule has 1 unspecified atom stereocenters. The third kappa shape index (κ3) is 7.56. The highest BCUT2D eigenvalue weighted by Crippen LogP contribution is 2.37. The molecule has 5 rings (SSSR count). The van der Waals surface area contributed by atoms with Crippen molar-refractivity contribution in [3.05, 3.63) is 59.1 Å². The van der Waals surface area contributed by atoms with E-state index in [4.69, 9.17) is 4.74 Å². The molecular weight excluding hydrogens is 632 g/mol. The number of likely N-dealkylation sites (N-methyl/N-ethyl adjacent to an activating group) is 2. The molecule has 1 N–H and O–H groups in total. The second-order valence-electron chi connectivity index (χ2n) is 12.8. The van der Waals surface area contributed by atoms with E-state index >= 15 is 4.39 Å². The topological polar surface area (TPSA) is 108 Å². The lowest BCUT2D eigenvalue weighted by Crippen LogP contribution is -2.71. The van der Waals surface area contributed by atoms with E-state index in [1.165, 1.54) is 31.0 Å². The zero-order valence-corrected chi connectivity index (χ0v) is 27.5. The van der Waals surface area contributed by atoms with Gasteiger partial charge in [-0.05, 0) is 45.6 Å². The standard InChI is InChI=1S/C33H40F4N8O3/c1-22-17-24(33(35,36)37)23(18-38)30(39-22)40-26-10-12-44(29-25(34)7-5-8-27(29)42(4)31(26)47)14-13-43-15-16-48-32(19-43)20-45(21-32)28(46)9-6-11-41(2)3/h5-9,17,26H,10-16,19-21H2,1-4H3,(H,39,40). The number of anilines is 3. The van der Waals surface area contributed by atoms with Crippen molar-refractivity contribution in [1.82, 2.24) is 19.7 Å². The summed E-state index contributed by atoms with van der Waals surface area (Å²) in [7, 11) is 5.34. The number of pyridine rings is 1. The van der Waals surface area contributed by atoms with Crippen molar-refractivity contribution in [2.45, 2.75) is 31.2 Å². The smallest absolute Gasteiger partial charge is 0.369 e. The number of benzene rings is 1. The number of nitrogens with zero attached hydrogens (tertiary/aromatic N) is 7. The van der Waals surface area contributed by atoms with Gasteiger partial charge in [-0.3, -0.25) is 14.5 Å². The number of amides is 2. The fraction of sp³-hybridized carbons (Fsp3) is 0.515. The highest BCUT2D eigenvalue weighted by atomic mass is 19.4. The number of morpholine rings is 1. The molecule has 48 heavy (non-hydrogen) atoms. The number of fused-ring (bicyclic) bond motifs is 1. The molecule has 1 aromatic heterocycles. The first-order valence-corrected chi connectivity index (χ1v) is 15.7. The van der Waals surface area contributed by atoms with Gasteiger partial charge in [0.15, 0.2) is 0 Å². The van der Waals surface area contributed by atoms with Gasteiger partial charge in [-0.1, -0.05) is 12.1 Å². The maximum absolute atomic E-state index is 15.5. The molecule has 0 bridgehead atoms. The van der Waals surface area contributed by atoms with Crippen LogP contribution in [0.5, 0.6) is 0 Å². The average Bonchev–Trinajstić information content (AvgIpc) is 3.01. The maximum atomic E-state index is 15.5. The highest BCUT2D eigenvalue weighted by molar-refractivity contribution is 6.01. The lowest BCUT2D eigenvalue weighted by Gasteiger charge is -2.53. The van der Waals surface area contributed by atoms with Gasteiger partial charge in [0.25, 0.3) is 0 Å². The summed E-state index contributed by atoms with van der Waals surface area (Å²) >= 11 is 0. The van der Waals surface area contributed by atoms with Gasteiger partial charge >= 0.3 is 6.18 Å². The largest absolute Gasteiger partial charge is 0.417 e. The van der Waals surface area contributed by atoms with E-state index in [1.807, 2.05) is 30.0 Å². The van der Waals surface area contributed by atoms with E-state index in [2.05, 4.69) is 15.2 Å². The van der Waals surface area contributed by atoms with Crippen molar-refractivity contribution >= 4 is 29.0 Å². The number of carbonyl (C=O) groups is 2. The number of alkyl halides is 3. The number of aromatic nitrogens is 1. The molecule has 11 nitrogen and oxygen atoms in total. The Morgan fingerprint density at radius 2 is 1.98 bits per heavy atom. The lowest BCUT2D eigenvalue weighted by atomic mass is 9.91. The molecule has 2 amide bonds. The first-order chi connectivity index (χ1) is 22.7. The van der Waals surface area contributed by atoms with Gasteiger partial charge in [0.05, 0.1) is 36.6 Å². The van der Waals surface area contributed by atoms with E-state index in [9.17, 15) is 28.0 Å². The van der Waals surface area contributed by atoms with Gasteiger partial charge in [0.1, 0.15) is 34.9 Å². The second kappa shape index (κ2) is 14.1. The monoisotopic (exact) mass is 672 g/mol. The zero-order chi connectivity index (χ0) is 34.8. The van der Waals surface area contributed by atoms with Gasteiger partial charge in [-0.2, -0.15) is 18.4 Å². The van der Waals surface area contributed by atoms with Crippen LogP contribution < -0.4 is 15.1 Å². The lowest BCUT2D eigenvalue weighted by molar-refractivity contribution is -0.188. The summed E-state index contributed by atoms with van der Waals surface area (Å²) in [5, 5.41) is 12.5. The molecule has 258 valence electrons. The van der Waals surface area contributed by atoms with Gasteiger partial charge < -0.3 is 29.7 Å². The Balaban J connectivity index is 1.31. The van der Waals surface area contributed by atoms with Gasteiger partial charge in [0.2, 0.25) is 11.8 Å². The van der Waals surface area contributed by atoms with Crippen LogP contribution in [-0.2, 0) is 20.5 Å². The first-order valence-electron chi connectivity index (χ1n) is 15.7. The molecular formula is C33H40F4N8O3. The molecule has 15 heteroatoms. The molecule has 3 aliphatic heterocycles. The quantitative estimate of drug-likeness (QED) is 0.335. The van der Waals surface area contributed by atoms with Crippen LogP contribution >= 0.6 is 0 Å². The van der Waals surface area contributed by atoms with Gasteiger partial charge in [-0.15, -0.1) is 0 Å². The number of para-hydroxylation sites is 1. The van der Waals surface area contributed by atoms with Crippen LogP contribution in [0.15, 0.2) is 36.4 Å². The molecule has 3 aliphatic rings. The molecule has 2 fully saturated rings. The Hall–Kier alpha value is -4.26. The second-order valence-corrected chi connectivity index (χ2v) is 12.8. The van der Waals surface area contributed by atoms with Crippen LogP contribution in [0.4, 0.5) is 34.8 Å². The fourth-order valence-corrected chi connectivity index (χ4v) is 6.44. The van der Waals surface area contributed by atoms with E-state index in [0.717, 1.165) is 6.07 Å². The van der Waals surface area contributed by atoms with E-state index in [-0.39, 0.29) is 36.1 Å². The third-order valence-electron chi connectivity index (χ3n) is 8.85. The molecule has 0 aliphatic carbocycles. The molecule has 4 heterocycles. The summed E-state index contributed by atoms with van der Waals surface area (Å²) in [6.07, 6.45) is -1.29. The predicted octanol–water partition coefficient (Wildman–Crippen LogP) is 3.10. The van der Waals surface area contributed by atoms with Crippen LogP contribution in [0.25, 0.3) is 0 Å². The van der Waals surface area contributed by atoms with Crippen molar-refractivity contribution in [3.63, 3.8) is 0 Å². The van der Waals surface area contributed by atoms with Crippen molar-refractivity contribution in [2.75, 3.05) is 95.2 Å². The minimum absolute atomic E-state index is 0.0348. The van der Waals surface area contributed by atoms with Crippen LogP contribution in [0, 0.1) is 24.1 Å². The van der Waals surface area contributed by atoms with Crippen molar-refractivity contribution in [2.24, 2.45) is 0 Å². The van der Waals surface area contributed by atoms with Crippen molar-refractivity contribution in [1.29, 1.82) is 5.26 Å². The van der Waals surface area contributed by atoms with Crippen LogP contribution in [0.1, 0.15) is 23.2 Å². The van der Waals surface area contributed by atoms with Crippen LogP contribution in [0.2, 0.25) is 0 Å². The molecule has 0 saturated carbocycles. The number of nitrogens with one attached hydrogen (secondary N) is 1. The summed E-state index contributed by atoms with van der Waals surface area (Å²) in [4.78, 5) is 39.4. The van der Waals surface area contributed by atoms with E-state index in [0.29, 0.717) is 58.1 Å². The molecule has 0 radical (unpaired) electrons. The maximum Gasteiger partial charge on any atom is 0.417 e. The fourth-order valence-electron chi connectivity index (χ4n) is 6.44. The Labute approximate surface area is 277 Å². The number of carbonyl (C=O) groups excluding carboxylic acids is 2. The number of halogens is 4. The summed E-state index contributed by atoms with van der Waals surface area (Å²) < 4.78 is 62.9. The van der Waals surface area contributed by atoms with Gasteiger partial charge in [-0.25, -0.2) is 9.37 Å². The number of hydrogen-bond acceptors (Lipinski definition) is 9. The molecule has 2 saturated heterocycles. The predicted molar refractivity (Wildman–Crippen MR) is 172 cm³/mol. The van der Waals surface area contributed by atoms with Gasteiger partial charge in [0, 0.05) is 58.1 Å². The Bertz CT molecular complexity index is 1600. The molecule has 1 atom stereocenters. The minimum Gasteiger partial charge on any atom is -0.369 e. The van der Waals surface area contributed by atoms with Crippen molar-refractivity contribution < 1.29 is 31.9 Å². The molecule has 2 aromatic rings. The minimum atomic E-state index is -4.79. The first kappa shape index (κ1) is 35.1. The Morgan fingerprint density at radius 3 is 2.67 bits per heavy atom. The summed E-state index contributed by atoms with van der Waals surface area (Å²) in [5.41, 5.74) is -1.70. The molecule has 1 spiro atoms. The van der Waals surface area contributed by atoms with E-state index in [1.54, 1.807) is 23.1 Å². The van der Waals surface area contributed by atoms with Crippen LogP contribution in [0.3, 0.4) is 0 Å². The number of rotatable bonds is 8.